The van der Waals surface area contributed by atoms with Crippen LogP contribution in [0.15, 0.2) is 65.8 Å². The zero-order chi connectivity index (χ0) is 22.4. The number of amides is 2. The first-order valence-electron chi connectivity index (χ1n) is 9.08. The topological polar surface area (TPSA) is 151 Å². The van der Waals surface area contributed by atoms with E-state index in [1.807, 2.05) is 5.32 Å². The maximum Gasteiger partial charge on any atom is 0.322 e. The minimum atomic E-state index is -1.33. The molecule has 0 aliphatic rings. The van der Waals surface area contributed by atoms with E-state index in [4.69, 9.17) is 5.11 Å². The molecule has 31 heavy (non-hydrogen) atoms. The molecule has 0 unspecified atom stereocenters. The van der Waals surface area contributed by atoms with Crippen molar-refractivity contribution in [3.05, 3.63) is 88.1 Å². The van der Waals surface area contributed by atoms with Gasteiger partial charge in [0.15, 0.2) is 0 Å². The second-order valence-electron chi connectivity index (χ2n) is 6.46. The third kappa shape index (κ3) is 5.12. The molecule has 3 rings (SSSR count). The SMILES string of the molecule is O=C(O)CNC(=O)c1c(O)c(C(=O)Nc2cccnc2)cn(Cc2ccccc2)c1=O. The zero-order valence-electron chi connectivity index (χ0n) is 16.1. The molecule has 4 N–H and O–H groups in total. The number of hydrogen-bond acceptors (Lipinski definition) is 6. The second kappa shape index (κ2) is 9.35. The molecular formula is C21H18N4O6. The zero-order valence-corrected chi connectivity index (χ0v) is 16.1. The average Bonchev–Trinajstić information content (AvgIpc) is 2.75. The fourth-order valence-electron chi connectivity index (χ4n) is 2.80. The molecule has 0 aliphatic heterocycles. The standard InChI is InChI=1S/C21H18N4O6/c26-16(27)10-23-20(30)17-18(28)15(19(29)24-14-7-4-8-22-9-14)12-25(21(17)31)11-13-5-2-1-3-6-13/h1-9,12,28H,10-11H2,(H,23,30)(H,24,29)(H,26,27). The van der Waals surface area contributed by atoms with Gasteiger partial charge in [0.05, 0.1) is 24.0 Å². The van der Waals surface area contributed by atoms with Gasteiger partial charge in [0.25, 0.3) is 17.4 Å². The van der Waals surface area contributed by atoms with Crippen molar-refractivity contribution in [2.24, 2.45) is 0 Å². The summed E-state index contributed by atoms with van der Waals surface area (Å²) in [6.07, 6.45) is 4.04. The van der Waals surface area contributed by atoms with Crippen molar-refractivity contribution in [1.29, 1.82) is 0 Å². The number of anilines is 1. The third-order valence-corrected chi connectivity index (χ3v) is 4.24. The predicted octanol–water partition coefficient (Wildman–Crippen LogP) is 1.06. The van der Waals surface area contributed by atoms with Crippen LogP contribution in [0.1, 0.15) is 26.3 Å². The Morgan fingerprint density at radius 1 is 1.03 bits per heavy atom. The number of benzene rings is 1. The van der Waals surface area contributed by atoms with Gasteiger partial charge < -0.3 is 25.4 Å². The molecule has 1 aromatic carbocycles. The fourth-order valence-corrected chi connectivity index (χ4v) is 2.80. The number of carbonyl (C=O) groups is 3. The van der Waals surface area contributed by atoms with Crippen molar-refractivity contribution in [2.75, 3.05) is 11.9 Å². The lowest BCUT2D eigenvalue weighted by Crippen LogP contribution is -2.36. The van der Waals surface area contributed by atoms with Crippen molar-refractivity contribution >= 4 is 23.5 Å². The largest absolute Gasteiger partial charge is 0.506 e. The van der Waals surface area contributed by atoms with Gasteiger partial charge >= 0.3 is 5.97 Å². The Labute approximate surface area is 175 Å². The number of nitrogens with one attached hydrogen (secondary N) is 2. The molecule has 10 heteroatoms. The second-order valence-corrected chi connectivity index (χ2v) is 6.46. The van der Waals surface area contributed by atoms with E-state index in [9.17, 15) is 24.3 Å². The normalized spacial score (nSPS) is 10.3. The number of carbonyl (C=O) groups excluding carboxylic acids is 2. The van der Waals surface area contributed by atoms with Crippen LogP contribution in [-0.2, 0) is 11.3 Å². The molecule has 158 valence electrons. The Bertz CT molecular complexity index is 1180. The molecule has 0 saturated heterocycles. The summed E-state index contributed by atoms with van der Waals surface area (Å²) in [6.45, 7) is -0.741. The van der Waals surface area contributed by atoms with Crippen molar-refractivity contribution in [3.8, 4) is 5.75 Å². The summed E-state index contributed by atoms with van der Waals surface area (Å²) >= 11 is 0. The number of carboxylic acids is 1. The maximum atomic E-state index is 12.9. The van der Waals surface area contributed by atoms with Gasteiger partial charge in [-0.2, -0.15) is 0 Å². The van der Waals surface area contributed by atoms with Crippen LogP contribution in [0, 0.1) is 0 Å². The third-order valence-electron chi connectivity index (χ3n) is 4.24. The molecule has 2 amide bonds. The van der Waals surface area contributed by atoms with Gasteiger partial charge in [-0.3, -0.25) is 24.2 Å². The van der Waals surface area contributed by atoms with Gasteiger partial charge in [0.1, 0.15) is 17.9 Å². The first-order chi connectivity index (χ1) is 14.9. The van der Waals surface area contributed by atoms with E-state index in [1.54, 1.807) is 42.5 Å². The van der Waals surface area contributed by atoms with Crippen molar-refractivity contribution in [3.63, 3.8) is 0 Å². The van der Waals surface area contributed by atoms with Crippen LogP contribution in [0.2, 0.25) is 0 Å². The monoisotopic (exact) mass is 422 g/mol. The van der Waals surface area contributed by atoms with Crippen LogP contribution >= 0.6 is 0 Å². The molecule has 0 spiro atoms. The van der Waals surface area contributed by atoms with Gasteiger partial charge in [0, 0.05) is 12.4 Å². The molecule has 2 heterocycles. The summed E-state index contributed by atoms with van der Waals surface area (Å²) in [5.41, 5.74) is -0.881. The lowest BCUT2D eigenvalue weighted by Gasteiger charge is -2.14. The molecule has 10 nitrogen and oxygen atoms in total. The fraction of sp³-hybridized carbons (Fsp3) is 0.0952. The Hall–Kier alpha value is -4.47. The lowest BCUT2D eigenvalue weighted by molar-refractivity contribution is -0.135. The predicted molar refractivity (Wildman–Crippen MR) is 110 cm³/mol. The summed E-state index contributed by atoms with van der Waals surface area (Å²) < 4.78 is 1.10. The number of nitrogens with zero attached hydrogens (tertiary/aromatic N) is 2. The van der Waals surface area contributed by atoms with E-state index in [0.717, 1.165) is 10.8 Å². The van der Waals surface area contributed by atoms with Crippen LogP contribution in [0.3, 0.4) is 0 Å². The summed E-state index contributed by atoms with van der Waals surface area (Å²) in [5, 5.41) is 23.9. The lowest BCUT2D eigenvalue weighted by atomic mass is 10.1. The van der Waals surface area contributed by atoms with E-state index < -0.39 is 41.2 Å². The van der Waals surface area contributed by atoms with Crippen LogP contribution < -0.4 is 16.2 Å². The molecular weight excluding hydrogens is 404 g/mol. The number of hydrogen-bond donors (Lipinski definition) is 4. The highest BCUT2D eigenvalue weighted by molar-refractivity contribution is 6.09. The minimum Gasteiger partial charge on any atom is -0.506 e. The van der Waals surface area contributed by atoms with Gasteiger partial charge in [0.2, 0.25) is 0 Å². The van der Waals surface area contributed by atoms with Crippen molar-refractivity contribution < 1.29 is 24.6 Å². The molecule has 2 aromatic heterocycles. The summed E-state index contributed by atoms with van der Waals surface area (Å²) in [5.74, 6) is -4.07. The van der Waals surface area contributed by atoms with Crippen molar-refractivity contribution in [2.45, 2.75) is 6.54 Å². The molecule has 0 radical (unpaired) electrons. The highest BCUT2D eigenvalue weighted by Crippen LogP contribution is 2.21. The molecule has 0 atom stereocenters. The van der Waals surface area contributed by atoms with Crippen LogP contribution in [-0.4, -0.2) is 44.1 Å². The number of carboxylic acid groups (broad SMARTS) is 1. The average molecular weight is 422 g/mol. The quantitative estimate of drug-likeness (QED) is 0.444. The van der Waals surface area contributed by atoms with Crippen LogP contribution in [0.5, 0.6) is 5.75 Å². The number of rotatable bonds is 7. The van der Waals surface area contributed by atoms with Gasteiger partial charge in [-0.05, 0) is 17.7 Å². The van der Waals surface area contributed by atoms with Gasteiger partial charge in [-0.15, -0.1) is 0 Å². The summed E-state index contributed by atoms with van der Waals surface area (Å²) in [6, 6.07) is 12.0. The van der Waals surface area contributed by atoms with E-state index >= 15 is 0 Å². The molecule has 0 bridgehead atoms. The highest BCUT2D eigenvalue weighted by Gasteiger charge is 2.25. The van der Waals surface area contributed by atoms with Crippen LogP contribution in [0.4, 0.5) is 5.69 Å². The van der Waals surface area contributed by atoms with E-state index in [0.29, 0.717) is 11.3 Å². The molecule has 0 fully saturated rings. The number of aliphatic carboxylic acids is 1. The van der Waals surface area contributed by atoms with Crippen LogP contribution in [0.25, 0.3) is 0 Å². The highest BCUT2D eigenvalue weighted by atomic mass is 16.4. The van der Waals surface area contributed by atoms with E-state index in [1.165, 1.54) is 12.4 Å². The molecule has 0 aliphatic carbocycles. The number of pyridine rings is 2. The number of aromatic hydroxyl groups is 1. The Morgan fingerprint density at radius 2 is 1.77 bits per heavy atom. The minimum absolute atomic E-state index is 0.0202. The van der Waals surface area contributed by atoms with Gasteiger partial charge in [-0.25, -0.2) is 0 Å². The Kier molecular flexibility index (Phi) is 6.41. The summed E-state index contributed by atoms with van der Waals surface area (Å²) in [4.78, 5) is 52.7. The maximum absolute atomic E-state index is 12.9. The number of aromatic nitrogens is 2. The smallest absolute Gasteiger partial charge is 0.322 e. The molecule has 3 aromatic rings. The van der Waals surface area contributed by atoms with Crippen molar-refractivity contribution in [1.82, 2.24) is 14.9 Å². The Balaban J connectivity index is 2.06. The van der Waals surface area contributed by atoms with Gasteiger partial charge in [-0.1, -0.05) is 30.3 Å². The summed E-state index contributed by atoms with van der Waals surface area (Å²) in [7, 11) is 0. The van der Waals surface area contributed by atoms with E-state index in [2.05, 4.69) is 10.3 Å². The Morgan fingerprint density at radius 3 is 2.42 bits per heavy atom. The first-order valence-corrected chi connectivity index (χ1v) is 9.08. The molecule has 0 saturated carbocycles. The first kappa shape index (κ1) is 21.2. The van der Waals surface area contributed by atoms with E-state index in [-0.39, 0.29) is 12.1 Å².